The minimum absolute atomic E-state index is 0.141. The van der Waals surface area contributed by atoms with Crippen LogP contribution in [0, 0.1) is 0 Å². The lowest BCUT2D eigenvalue weighted by Crippen LogP contribution is -2.05. The minimum Gasteiger partial charge on any atom is -0.508 e. The number of rotatable bonds is 6. The number of ether oxygens (including phenoxy) is 1. The number of benzene rings is 4. The van der Waals surface area contributed by atoms with Gasteiger partial charge >= 0.3 is 11.9 Å². The third-order valence-corrected chi connectivity index (χ3v) is 6.44. The molecule has 0 aliphatic rings. The first kappa shape index (κ1) is 21.6. The van der Waals surface area contributed by atoms with E-state index in [0.717, 1.165) is 32.1 Å². The third kappa shape index (κ3) is 4.46. The van der Waals surface area contributed by atoms with E-state index in [-0.39, 0.29) is 17.9 Å². The number of aromatic nitrogens is 1. The molecule has 0 saturated heterocycles. The summed E-state index contributed by atoms with van der Waals surface area (Å²) in [7, 11) is 0. The summed E-state index contributed by atoms with van der Waals surface area (Å²) in [5.74, 6) is -1.27. The molecule has 0 atom stereocenters. The SMILES string of the molecule is O=C(O)c1ccc(Cc2cc3cc(C(=O)OCc4ccc5scnc5c4)ccc3cc2O)cc1. The second-order valence-electron chi connectivity index (χ2n) is 7.95. The van der Waals surface area contributed by atoms with E-state index >= 15 is 0 Å². The number of thiazole rings is 1. The Kier molecular flexibility index (Phi) is 5.69. The van der Waals surface area contributed by atoms with Gasteiger partial charge in [-0.1, -0.05) is 24.3 Å². The Balaban J connectivity index is 1.34. The summed E-state index contributed by atoms with van der Waals surface area (Å²) >= 11 is 1.56. The molecule has 0 aliphatic carbocycles. The number of carboxylic acids is 1. The van der Waals surface area contributed by atoms with Gasteiger partial charge in [0.25, 0.3) is 0 Å². The zero-order valence-electron chi connectivity index (χ0n) is 17.9. The molecule has 1 aromatic heterocycles. The fourth-order valence-electron chi connectivity index (χ4n) is 3.81. The van der Waals surface area contributed by atoms with Crippen LogP contribution >= 0.6 is 11.3 Å². The molecule has 34 heavy (non-hydrogen) atoms. The quantitative estimate of drug-likeness (QED) is 0.305. The molecule has 4 aromatic carbocycles. The summed E-state index contributed by atoms with van der Waals surface area (Å²) in [4.78, 5) is 28.0. The first-order chi connectivity index (χ1) is 16.5. The van der Waals surface area contributed by atoms with Crippen LogP contribution in [0.1, 0.15) is 37.4 Å². The van der Waals surface area contributed by atoms with Crippen LogP contribution in [0.5, 0.6) is 5.75 Å². The van der Waals surface area contributed by atoms with Crippen molar-refractivity contribution in [2.24, 2.45) is 0 Å². The molecule has 0 aliphatic heterocycles. The number of aromatic carboxylic acids is 1. The van der Waals surface area contributed by atoms with Crippen LogP contribution in [0.25, 0.3) is 21.0 Å². The number of phenolic OH excluding ortho intramolecular Hbond substituents is 1. The normalized spacial score (nSPS) is 11.1. The highest BCUT2D eigenvalue weighted by molar-refractivity contribution is 7.16. The van der Waals surface area contributed by atoms with Gasteiger partial charge in [0.05, 0.1) is 26.9 Å². The second-order valence-corrected chi connectivity index (χ2v) is 8.84. The van der Waals surface area contributed by atoms with Crippen LogP contribution in [0.3, 0.4) is 0 Å². The number of carbonyl (C=O) groups is 2. The molecular weight excluding hydrogens is 450 g/mol. The first-order valence-electron chi connectivity index (χ1n) is 10.5. The van der Waals surface area contributed by atoms with Gasteiger partial charge in [-0.25, -0.2) is 14.6 Å². The van der Waals surface area contributed by atoms with E-state index < -0.39 is 11.9 Å². The van der Waals surface area contributed by atoms with Gasteiger partial charge in [-0.05, 0) is 76.0 Å². The minimum atomic E-state index is -0.983. The van der Waals surface area contributed by atoms with Crippen LogP contribution in [-0.2, 0) is 17.8 Å². The van der Waals surface area contributed by atoms with Crippen molar-refractivity contribution in [1.29, 1.82) is 0 Å². The van der Waals surface area contributed by atoms with Gasteiger partial charge in [-0.3, -0.25) is 0 Å². The Labute approximate surface area is 198 Å². The van der Waals surface area contributed by atoms with E-state index in [9.17, 15) is 14.7 Å². The van der Waals surface area contributed by atoms with Crippen LogP contribution in [0.2, 0.25) is 0 Å². The number of nitrogens with zero attached hydrogens (tertiary/aromatic N) is 1. The summed E-state index contributed by atoms with van der Waals surface area (Å²) in [6, 6.07) is 21.0. The Morgan fingerprint density at radius 1 is 0.853 bits per heavy atom. The van der Waals surface area contributed by atoms with E-state index in [1.807, 2.05) is 24.3 Å². The van der Waals surface area contributed by atoms with Gasteiger partial charge in [0, 0.05) is 6.42 Å². The molecule has 0 bridgehead atoms. The molecule has 168 valence electrons. The zero-order valence-corrected chi connectivity index (χ0v) is 18.7. The van der Waals surface area contributed by atoms with Gasteiger partial charge in [0.1, 0.15) is 12.4 Å². The molecule has 6 nitrogen and oxygen atoms in total. The molecule has 7 heteroatoms. The highest BCUT2D eigenvalue weighted by Crippen LogP contribution is 2.28. The number of carboxylic acid groups (broad SMARTS) is 1. The summed E-state index contributed by atoms with van der Waals surface area (Å²) in [6.45, 7) is 0.150. The lowest BCUT2D eigenvalue weighted by molar-refractivity contribution is 0.0472. The van der Waals surface area contributed by atoms with E-state index in [0.29, 0.717) is 17.5 Å². The topological polar surface area (TPSA) is 96.7 Å². The van der Waals surface area contributed by atoms with Crippen molar-refractivity contribution < 1.29 is 24.5 Å². The lowest BCUT2D eigenvalue weighted by atomic mass is 9.98. The van der Waals surface area contributed by atoms with Gasteiger partial charge in [-0.15, -0.1) is 11.3 Å². The maximum absolute atomic E-state index is 12.7. The molecule has 0 saturated carbocycles. The third-order valence-electron chi connectivity index (χ3n) is 5.63. The van der Waals surface area contributed by atoms with Crippen molar-refractivity contribution in [2.45, 2.75) is 13.0 Å². The van der Waals surface area contributed by atoms with Crippen molar-refractivity contribution in [3.05, 3.63) is 106 Å². The average Bonchev–Trinajstić information content (AvgIpc) is 3.31. The van der Waals surface area contributed by atoms with Crippen molar-refractivity contribution in [1.82, 2.24) is 4.98 Å². The van der Waals surface area contributed by atoms with Crippen LogP contribution in [0.4, 0.5) is 0 Å². The fraction of sp³-hybridized carbons (Fsp3) is 0.0741. The second kappa shape index (κ2) is 8.96. The van der Waals surface area contributed by atoms with Gasteiger partial charge < -0.3 is 14.9 Å². The van der Waals surface area contributed by atoms with Crippen LogP contribution in [0.15, 0.2) is 78.3 Å². The summed E-state index contributed by atoms with van der Waals surface area (Å²) in [6.07, 6.45) is 0.426. The summed E-state index contributed by atoms with van der Waals surface area (Å²) in [5, 5.41) is 21.1. The Morgan fingerprint density at radius 2 is 1.62 bits per heavy atom. The van der Waals surface area contributed by atoms with E-state index in [4.69, 9.17) is 9.84 Å². The Morgan fingerprint density at radius 3 is 2.41 bits per heavy atom. The molecule has 0 amide bonds. The molecule has 0 fully saturated rings. The maximum Gasteiger partial charge on any atom is 0.338 e. The molecule has 0 radical (unpaired) electrons. The fourth-order valence-corrected chi connectivity index (χ4v) is 4.47. The number of fused-ring (bicyclic) bond motifs is 2. The van der Waals surface area contributed by atoms with Gasteiger partial charge in [-0.2, -0.15) is 0 Å². The molecular formula is C27H19NO5S. The smallest absolute Gasteiger partial charge is 0.338 e. The van der Waals surface area contributed by atoms with Crippen molar-refractivity contribution in [3.63, 3.8) is 0 Å². The van der Waals surface area contributed by atoms with Crippen LogP contribution < -0.4 is 0 Å². The van der Waals surface area contributed by atoms with E-state index in [1.165, 1.54) is 12.1 Å². The number of aromatic hydroxyl groups is 1. The van der Waals surface area contributed by atoms with Gasteiger partial charge in [0.2, 0.25) is 0 Å². The van der Waals surface area contributed by atoms with Crippen molar-refractivity contribution >= 4 is 44.3 Å². The predicted molar refractivity (Wildman–Crippen MR) is 131 cm³/mol. The molecule has 0 unspecified atom stereocenters. The molecule has 0 spiro atoms. The Bertz CT molecular complexity index is 1540. The maximum atomic E-state index is 12.7. The highest BCUT2D eigenvalue weighted by atomic mass is 32.1. The molecule has 1 heterocycles. The predicted octanol–water partition coefficient (Wildman–Crippen LogP) is 5.80. The number of phenols is 1. The number of esters is 1. The molecule has 5 aromatic rings. The number of carbonyl (C=O) groups excluding carboxylic acids is 1. The summed E-state index contributed by atoms with van der Waals surface area (Å²) in [5.41, 5.74) is 5.71. The van der Waals surface area contributed by atoms with Gasteiger partial charge in [0.15, 0.2) is 0 Å². The number of hydrogen-bond donors (Lipinski definition) is 2. The molecule has 5 rings (SSSR count). The van der Waals surface area contributed by atoms with Crippen LogP contribution in [-0.4, -0.2) is 27.1 Å². The van der Waals surface area contributed by atoms with Crippen molar-refractivity contribution in [3.8, 4) is 5.75 Å². The Hall–Kier alpha value is -4.23. The zero-order chi connectivity index (χ0) is 23.7. The van der Waals surface area contributed by atoms with E-state index in [2.05, 4.69) is 4.98 Å². The first-order valence-corrected chi connectivity index (χ1v) is 11.4. The largest absolute Gasteiger partial charge is 0.508 e. The summed E-state index contributed by atoms with van der Waals surface area (Å²) < 4.78 is 6.59. The average molecular weight is 470 g/mol. The standard InChI is InChI=1S/C27H19NO5S/c29-24-13-19-6-7-20(27(32)33-14-17-3-8-25-23(10-17)28-15-34-25)11-21(19)12-22(24)9-16-1-4-18(5-2-16)26(30)31/h1-8,10-13,15,29H,9,14H2,(H,30,31). The molecule has 2 N–H and O–H groups in total. The van der Waals surface area contributed by atoms with E-state index in [1.54, 1.807) is 53.2 Å². The highest BCUT2D eigenvalue weighted by Gasteiger charge is 2.12. The monoisotopic (exact) mass is 469 g/mol. The number of hydrogen-bond acceptors (Lipinski definition) is 6. The lowest BCUT2D eigenvalue weighted by Gasteiger charge is -2.10. The van der Waals surface area contributed by atoms with Crippen molar-refractivity contribution in [2.75, 3.05) is 0 Å².